The summed E-state index contributed by atoms with van der Waals surface area (Å²) in [7, 11) is 0. The van der Waals surface area contributed by atoms with Crippen LogP contribution in [-0.2, 0) is 0 Å². The number of nitrogens with zero attached hydrogens (tertiary/aromatic N) is 2. The number of carbonyl (C=O) groups excluding carboxylic acids is 1. The summed E-state index contributed by atoms with van der Waals surface area (Å²) in [5, 5.41) is 8.92. The Morgan fingerprint density at radius 1 is 1.35 bits per heavy atom. The van der Waals surface area contributed by atoms with E-state index in [1.807, 2.05) is 4.90 Å². The zero-order valence-electron chi connectivity index (χ0n) is 11.5. The molecular weight excluding hydrogens is 250 g/mol. The average Bonchev–Trinajstić information content (AvgIpc) is 2.92. The summed E-state index contributed by atoms with van der Waals surface area (Å²) in [5.41, 5.74) is 7.32. The zero-order valence-corrected chi connectivity index (χ0v) is 11.5. The van der Waals surface area contributed by atoms with E-state index in [0.29, 0.717) is 23.0 Å². The molecule has 1 saturated heterocycles. The molecule has 3 unspecified atom stereocenters. The molecule has 0 bridgehead atoms. The number of benzene rings is 1. The maximum atomic E-state index is 12.5. The van der Waals surface area contributed by atoms with Gasteiger partial charge in [0, 0.05) is 24.7 Å². The third-order valence-corrected chi connectivity index (χ3v) is 4.68. The first-order valence-electron chi connectivity index (χ1n) is 7.24. The predicted molar refractivity (Wildman–Crippen MR) is 75.9 cm³/mol. The van der Waals surface area contributed by atoms with Gasteiger partial charge in [0.25, 0.3) is 5.91 Å². The zero-order chi connectivity index (χ0) is 14.1. The van der Waals surface area contributed by atoms with E-state index >= 15 is 0 Å². The fourth-order valence-corrected chi connectivity index (χ4v) is 3.59. The molecule has 2 fully saturated rings. The molecule has 20 heavy (non-hydrogen) atoms. The molecule has 4 nitrogen and oxygen atoms in total. The van der Waals surface area contributed by atoms with Gasteiger partial charge in [0.1, 0.15) is 0 Å². The molecule has 4 heteroatoms. The molecule has 104 valence electrons. The highest BCUT2D eigenvalue weighted by atomic mass is 16.2. The minimum absolute atomic E-state index is 0.0312. The monoisotopic (exact) mass is 269 g/mol. The van der Waals surface area contributed by atoms with E-state index in [9.17, 15) is 4.79 Å². The summed E-state index contributed by atoms with van der Waals surface area (Å²) in [6.45, 7) is 1.58. The van der Waals surface area contributed by atoms with E-state index in [1.165, 1.54) is 12.8 Å². The minimum atomic E-state index is 0.0312. The molecule has 0 spiro atoms. The van der Waals surface area contributed by atoms with Crippen LogP contribution in [0.5, 0.6) is 0 Å². The van der Waals surface area contributed by atoms with Gasteiger partial charge in [-0.2, -0.15) is 5.26 Å². The molecule has 3 atom stereocenters. The average molecular weight is 269 g/mol. The Kier molecular flexibility index (Phi) is 3.45. The normalized spacial score (nSPS) is 28.8. The van der Waals surface area contributed by atoms with Gasteiger partial charge in [-0.15, -0.1) is 0 Å². The van der Waals surface area contributed by atoms with Crippen LogP contribution < -0.4 is 5.73 Å². The number of hydrogen-bond acceptors (Lipinski definition) is 3. The number of nitrogens with two attached hydrogens (primary N) is 1. The summed E-state index contributed by atoms with van der Waals surface area (Å²) in [5.74, 6) is 1.04. The van der Waals surface area contributed by atoms with Gasteiger partial charge in [0.15, 0.2) is 0 Å². The Labute approximate surface area is 119 Å². The van der Waals surface area contributed by atoms with Crippen molar-refractivity contribution in [1.82, 2.24) is 4.90 Å². The lowest BCUT2D eigenvalue weighted by Gasteiger charge is -2.29. The van der Waals surface area contributed by atoms with Crippen molar-refractivity contribution in [2.75, 3.05) is 13.1 Å². The molecule has 2 N–H and O–H groups in total. The molecule has 1 aliphatic carbocycles. The minimum Gasteiger partial charge on any atom is -0.338 e. The van der Waals surface area contributed by atoms with Gasteiger partial charge in [-0.1, -0.05) is 12.5 Å². The van der Waals surface area contributed by atoms with Gasteiger partial charge in [-0.05, 0) is 42.9 Å². The third kappa shape index (κ3) is 2.30. The van der Waals surface area contributed by atoms with Crippen LogP contribution in [0.1, 0.15) is 35.2 Å². The largest absolute Gasteiger partial charge is 0.338 e. The van der Waals surface area contributed by atoms with Crippen LogP contribution in [0.3, 0.4) is 0 Å². The first kappa shape index (κ1) is 13.1. The summed E-state index contributed by atoms with van der Waals surface area (Å²) < 4.78 is 0. The Balaban J connectivity index is 1.77. The smallest absolute Gasteiger partial charge is 0.253 e. The van der Waals surface area contributed by atoms with Crippen molar-refractivity contribution in [3.8, 4) is 6.07 Å². The van der Waals surface area contributed by atoms with Crippen LogP contribution >= 0.6 is 0 Å². The first-order valence-corrected chi connectivity index (χ1v) is 7.24. The lowest BCUT2D eigenvalue weighted by Crippen LogP contribution is -2.38. The lowest BCUT2D eigenvalue weighted by atomic mass is 9.78. The van der Waals surface area contributed by atoms with Crippen molar-refractivity contribution >= 4 is 5.91 Å². The SMILES string of the molecule is N#Cc1cccc(C(=O)N2CC3CCCC(N)C3C2)c1. The predicted octanol–water partition coefficient (Wildman–Crippen LogP) is 1.76. The van der Waals surface area contributed by atoms with E-state index in [1.54, 1.807) is 24.3 Å². The molecule has 1 amide bonds. The molecule has 0 aromatic heterocycles. The highest BCUT2D eigenvalue weighted by molar-refractivity contribution is 5.94. The second kappa shape index (κ2) is 5.26. The molecule has 3 rings (SSSR count). The van der Waals surface area contributed by atoms with Crippen LogP contribution in [0.25, 0.3) is 0 Å². The molecule has 1 heterocycles. The van der Waals surface area contributed by atoms with E-state index in [0.717, 1.165) is 19.5 Å². The molecule has 1 aromatic carbocycles. The Morgan fingerprint density at radius 3 is 2.95 bits per heavy atom. The second-order valence-corrected chi connectivity index (χ2v) is 5.92. The van der Waals surface area contributed by atoms with Crippen molar-refractivity contribution in [3.05, 3.63) is 35.4 Å². The highest BCUT2D eigenvalue weighted by Crippen LogP contribution is 2.36. The van der Waals surface area contributed by atoms with Crippen molar-refractivity contribution < 1.29 is 4.79 Å². The maximum Gasteiger partial charge on any atom is 0.253 e. The van der Waals surface area contributed by atoms with Gasteiger partial charge in [-0.25, -0.2) is 0 Å². The van der Waals surface area contributed by atoms with Gasteiger partial charge >= 0.3 is 0 Å². The standard InChI is InChI=1S/C16H19N3O/c17-8-11-3-1-4-12(7-11)16(20)19-9-13-5-2-6-15(18)14(13)10-19/h1,3-4,7,13-15H,2,5-6,9-10,18H2. The summed E-state index contributed by atoms with van der Waals surface area (Å²) in [6.07, 6.45) is 3.43. The Morgan fingerprint density at radius 2 is 2.20 bits per heavy atom. The van der Waals surface area contributed by atoms with Crippen LogP contribution in [0, 0.1) is 23.2 Å². The van der Waals surface area contributed by atoms with E-state index in [-0.39, 0.29) is 11.9 Å². The van der Waals surface area contributed by atoms with Crippen molar-refractivity contribution in [1.29, 1.82) is 5.26 Å². The third-order valence-electron chi connectivity index (χ3n) is 4.68. The van der Waals surface area contributed by atoms with Gasteiger partial charge < -0.3 is 10.6 Å². The number of nitriles is 1. The Bertz CT molecular complexity index is 563. The van der Waals surface area contributed by atoms with Crippen molar-refractivity contribution in [3.63, 3.8) is 0 Å². The highest BCUT2D eigenvalue weighted by Gasteiger charge is 2.40. The van der Waals surface area contributed by atoms with Crippen molar-refractivity contribution in [2.24, 2.45) is 17.6 Å². The second-order valence-electron chi connectivity index (χ2n) is 5.92. The number of rotatable bonds is 1. The fourth-order valence-electron chi connectivity index (χ4n) is 3.59. The van der Waals surface area contributed by atoms with Crippen LogP contribution in [0.2, 0.25) is 0 Å². The van der Waals surface area contributed by atoms with Gasteiger partial charge in [0.05, 0.1) is 11.6 Å². The summed E-state index contributed by atoms with van der Waals surface area (Å²) >= 11 is 0. The topological polar surface area (TPSA) is 70.1 Å². The number of likely N-dealkylation sites (tertiary alicyclic amines) is 1. The first-order chi connectivity index (χ1) is 9.69. The van der Waals surface area contributed by atoms with Gasteiger partial charge in [-0.3, -0.25) is 4.79 Å². The number of fused-ring (bicyclic) bond motifs is 1. The van der Waals surface area contributed by atoms with Crippen molar-refractivity contribution in [2.45, 2.75) is 25.3 Å². The fraction of sp³-hybridized carbons (Fsp3) is 0.500. The quantitative estimate of drug-likeness (QED) is 0.844. The van der Waals surface area contributed by atoms with E-state index in [4.69, 9.17) is 11.0 Å². The van der Waals surface area contributed by atoms with Crippen LogP contribution in [0.15, 0.2) is 24.3 Å². The number of hydrogen-bond donors (Lipinski definition) is 1. The van der Waals surface area contributed by atoms with Crippen LogP contribution in [-0.4, -0.2) is 29.9 Å². The summed E-state index contributed by atoms with van der Waals surface area (Å²) in [4.78, 5) is 14.5. The molecule has 1 aromatic rings. The maximum absolute atomic E-state index is 12.5. The van der Waals surface area contributed by atoms with E-state index < -0.39 is 0 Å². The Hall–Kier alpha value is -1.86. The van der Waals surface area contributed by atoms with Gasteiger partial charge in [0.2, 0.25) is 0 Å². The molecule has 2 aliphatic rings. The van der Waals surface area contributed by atoms with Crippen LogP contribution in [0.4, 0.5) is 0 Å². The molecule has 0 radical (unpaired) electrons. The number of carbonyl (C=O) groups is 1. The number of amides is 1. The molecule has 1 saturated carbocycles. The molecule has 1 aliphatic heterocycles. The summed E-state index contributed by atoms with van der Waals surface area (Å²) in [6, 6.07) is 9.25. The van der Waals surface area contributed by atoms with E-state index in [2.05, 4.69) is 6.07 Å². The lowest BCUT2D eigenvalue weighted by molar-refractivity contribution is 0.0783. The molecular formula is C16H19N3O.